The number of hydrogen-bond acceptors (Lipinski definition) is 2. The van der Waals surface area contributed by atoms with Crippen LogP contribution in [0.25, 0.3) is 0 Å². The average molecular weight is 333 g/mol. The van der Waals surface area contributed by atoms with Gasteiger partial charge in [-0.2, -0.15) is 0 Å². The first-order valence-corrected chi connectivity index (χ1v) is 7.67. The lowest BCUT2D eigenvalue weighted by molar-refractivity contribution is 0.0381. The van der Waals surface area contributed by atoms with Crippen molar-refractivity contribution in [1.29, 1.82) is 0 Å². The molecule has 2 nitrogen and oxygen atoms in total. The van der Waals surface area contributed by atoms with E-state index in [1.54, 1.807) is 0 Å². The second kappa shape index (κ2) is 6.27. The molecule has 0 aromatic heterocycles. The van der Waals surface area contributed by atoms with Crippen molar-refractivity contribution in [3.8, 4) is 0 Å². The Morgan fingerprint density at radius 2 is 1.89 bits per heavy atom. The third-order valence-corrected chi connectivity index (χ3v) is 4.38. The zero-order valence-electron chi connectivity index (χ0n) is 10.4. The third-order valence-electron chi connectivity index (χ3n) is 3.57. The Labute approximate surface area is 122 Å². The van der Waals surface area contributed by atoms with Crippen molar-refractivity contribution in [1.82, 2.24) is 0 Å². The van der Waals surface area contributed by atoms with Crippen LogP contribution in [0.1, 0.15) is 38.5 Å². The Kier molecular flexibility index (Phi) is 4.93. The molecule has 1 aromatic rings. The molecule has 0 aliphatic heterocycles. The maximum atomic E-state index is 10.5. The van der Waals surface area contributed by atoms with Gasteiger partial charge in [-0.05, 0) is 31.0 Å². The zero-order chi connectivity index (χ0) is 13.0. The first-order valence-electron chi connectivity index (χ1n) is 6.50. The average Bonchev–Trinajstić information content (AvgIpc) is 2.54. The molecule has 0 heterocycles. The van der Waals surface area contributed by atoms with Crippen LogP contribution in [0.15, 0.2) is 22.7 Å². The minimum atomic E-state index is -0.576. The van der Waals surface area contributed by atoms with Crippen molar-refractivity contribution in [2.24, 2.45) is 0 Å². The minimum absolute atomic E-state index is 0.576. The molecule has 1 fully saturated rings. The summed E-state index contributed by atoms with van der Waals surface area (Å²) in [7, 11) is 0. The smallest absolute Gasteiger partial charge is 0.0819 e. The van der Waals surface area contributed by atoms with E-state index in [9.17, 15) is 5.11 Å². The summed E-state index contributed by atoms with van der Waals surface area (Å²) in [6.07, 6.45) is 6.48. The fourth-order valence-corrected chi connectivity index (χ4v) is 3.20. The van der Waals surface area contributed by atoms with E-state index in [2.05, 4.69) is 21.2 Å². The van der Waals surface area contributed by atoms with E-state index < -0.39 is 5.60 Å². The highest BCUT2D eigenvalue weighted by molar-refractivity contribution is 9.10. The van der Waals surface area contributed by atoms with Crippen LogP contribution in [0.5, 0.6) is 0 Å². The van der Waals surface area contributed by atoms with Gasteiger partial charge in [0.2, 0.25) is 0 Å². The molecular formula is C14H19BrClNO. The van der Waals surface area contributed by atoms with Crippen LogP contribution in [0, 0.1) is 0 Å². The molecule has 2 N–H and O–H groups in total. The van der Waals surface area contributed by atoms with Crippen LogP contribution in [-0.4, -0.2) is 17.3 Å². The van der Waals surface area contributed by atoms with E-state index in [1.807, 2.05) is 18.2 Å². The van der Waals surface area contributed by atoms with Gasteiger partial charge in [-0.1, -0.05) is 53.2 Å². The maximum Gasteiger partial charge on any atom is 0.0819 e. The number of hydrogen-bond donors (Lipinski definition) is 2. The number of nitrogens with one attached hydrogen (secondary N) is 1. The highest BCUT2D eigenvalue weighted by Gasteiger charge is 2.27. The summed E-state index contributed by atoms with van der Waals surface area (Å²) in [5, 5.41) is 14.5. The van der Waals surface area contributed by atoms with E-state index >= 15 is 0 Å². The molecule has 0 saturated heterocycles. The molecule has 0 atom stereocenters. The largest absolute Gasteiger partial charge is 0.388 e. The van der Waals surface area contributed by atoms with Gasteiger partial charge >= 0.3 is 0 Å². The van der Waals surface area contributed by atoms with Crippen molar-refractivity contribution in [2.75, 3.05) is 11.9 Å². The highest BCUT2D eigenvalue weighted by atomic mass is 79.9. The molecule has 2 rings (SSSR count). The summed E-state index contributed by atoms with van der Waals surface area (Å²) in [6.45, 7) is 0.578. The Morgan fingerprint density at radius 3 is 2.50 bits per heavy atom. The molecule has 1 saturated carbocycles. The minimum Gasteiger partial charge on any atom is -0.388 e. The lowest BCUT2D eigenvalue weighted by Gasteiger charge is -2.27. The van der Waals surface area contributed by atoms with Crippen molar-refractivity contribution in [3.63, 3.8) is 0 Å². The van der Waals surface area contributed by atoms with Crippen LogP contribution < -0.4 is 5.32 Å². The Bertz CT molecular complexity index is 403. The van der Waals surface area contributed by atoms with E-state index in [0.717, 1.165) is 35.8 Å². The van der Waals surface area contributed by atoms with Gasteiger partial charge < -0.3 is 10.4 Å². The monoisotopic (exact) mass is 331 g/mol. The SMILES string of the molecule is OC1(CNc2ccc(Br)cc2Cl)CCCCCC1. The second-order valence-corrected chi connectivity index (χ2v) is 6.44. The standard InChI is InChI=1S/C14H19BrClNO/c15-11-5-6-13(12(16)9-11)17-10-14(18)7-3-1-2-4-8-14/h5-6,9,17-18H,1-4,7-8,10H2. The summed E-state index contributed by atoms with van der Waals surface area (Å²) in [6, 6.07) is 5.75. The molecule has 1 aromatic carbocycles. The number of aliphatic hydroxyl groups is 1. The molecule has 1 aliphatic rings. The van der Waals surface area contributed by atoms with Crippen molar-refractivity contribution < 1.29 is 5.11 Å². The van der Waals surface area contributed by atoms with Gasteiger partial charge in [0.15, 0.2) is 0 Å². The molecule has 0 radical (unpaired) electrons. The lowest BCUT2D eigenvalue weighted by Crippen LogP contribution is -2.36. The van der Waals surface area contributed by atoms with Crippen molar-refractivity contribution >= 4 is 33.2 Å². The van der Waals surface area contributed by atoms with E-state index in [-0.39, 0.29) is 0 Å². The summed E-state index contributed by atoms with van der Waals surface area (Å²) >= 11 is 9.53. The number of halogens is 2. The molecule has 1 aliphatic carbocycles. The summed E-state index contributed by atoms with van der Waals surface area (Å²) in [5.74, 6) is 0. The van der Waals surface area contributed by atoms with Crippen LogP contribution >= 0.6 is 27.5 Å². The van der Waals surface area contributed by atoms with Gasteiger partial charge in [0.05, 0.1) is 16.3 Å². The van der Waals surface area contributed by atoms with Crippen molar-refractivity contribution in [2.45, 2.75) is 44.1 Å². The van der Waals surface area contributed by atoms with Gasteiger partial charge in [-0.25, -0.2) is 0 Å². The van der Waals surface area contributed by atoms with Gasteiger partial charge in [0, 0.05) is 11.0 Å². The topological polar surface area (TPSA) is 32.3 Å². The van der Waals surface area contributed by atoms with Gasteiger partial charge in [-0.3, -0.25) is 0 Å². The highest BCUT2D eigenvalue weighted by Crippen LogP contribution is 2.30. The predicted octanol–water partition coefficient (Wildman–Crippen LogP) is 4.60. The van der Waals surface area contributed by atoms with Crippen LogP contribution in [0.4, 0.5) is 5.69 Å². The summed E-state index contributed by atoms with van der Waals surface area (Å²) in [4.78, 5) is 0. The first-order chi connectivity index (χ1) is 8.59. The van der Waals surface area contributed by atoms with Crippen LogP contribution in [-0.2, 0) is 0 Å². The molecule has 0 spiro atoms. The molecular weight excluding hydrogens is 314 g/mol. The van der Waals surface area contributed by atoms with Crippen LogP contribution in [0.2, 0.25) is 5.02 Å². The predicted molar refractivity (Wildman–Crippen MR) is 80.3 cm³/mol. The number of anilines is 1. The molecule has 0 bridgehead atoms. The third kappa shape index (κ3) is 3.87. The molecule has 18 heavy (non-hydrogen) atoms. The number of rotatable bonds is 3. The lowest BCUT2D eigenvalue weighted by atomic mass is 9.94. The summed E-state index contributed by atoms with van der Waals surface area (Å²) in [5.41, 5.74) is 0.310. The van der Waals surface area contributed by atoms with Crippen molar-refractivity contribution in [3.05, 3.63) is 27.7 Å². The number of benzene rings is 1. The van der Waals surface area contributed by atoms with E-state index in [4.69, 9.17) is 11.6 Å². The zero-order valence-corrected chi connectivity index (χ0v) is 12.7. The Morgan fingerprint density at radius 1 is 1.22 bits per heavy atom. The van der Waals surface area contributed by atoms with E-state index in [1.165, 1.54) is 12.8 Å². The molecule has 100 valence electrons. The quantitative estimate of drug-likeness (QED) is 0.793. The maximum absolute atomic E-state index is 10.5. The first kappa shape index (κ1) is 14.2. The summed E-state index contributed by atoms with van der Waals surface area (Å²) < 4.78 is 0.964. The fourth-order valence-electron chi connectivity index (χ4n) is 2.46. The molecule has 0 amide bonds. The van der Waals surface area contributed by atoms with E-state index in [0.29, 0.717) is 11.6 Å². The normalized spacial score (nSPS) is 19.3. The fraction of sp³-hybridized carbons (Fsp3) is 0.571. The van der Waals surface area contributed by atoms with Gasteiger partial charge in [-0.15, -0.1) is 0 Å². The Hall–Kier alpha value is -0.250. The molecule has 0 unspecified atom stereocenters. The Balaban J connectivity index is 1.97. The second-order valence-electron chi connectivity index (χ2n) is 5.12. The van der Waals surface area contributed by atoms with Gasteiger partial charge in [0.1, 0.15) is 0 Å². The molecule has 4 heteroatoms. The van der Waals surface area contributed by atoms with Crippen LogP contribution in [0.3, 0.4) is 0 Å². The van der Waals surface area contributed by atoms with Gasteiger partial charge in [0.25, 0.3) is 0 Å².